The van der Waals surface area contributed by atoms with Gasteiger partial charge in [-0.2, -0.15) is 0 Å². The fraction of sp³-hybridized carbons (Fsp3) is 0.421. The molecule has 3 rings (SSSR count). The Morgan fingerprint density at radius 2 is 1.92 bits per heavy atom. The van der Waals surface area contributed by atoms with E-state index in [9.17, 15) is 4.79 Å². The Morgan fingerprint density at radius 1 is 1.24 bits per heavy atom. The number of benzene rings is 1. The number of carbonyl (C=O) groups is 1. The van der Waals surface area contributed by atoms with Gasteiger partial charge in [-0.1, -0.05) is 0 Å². The number of hydrogen-bond donors (Lipinski definition) is 1. The average molecular weight is 360 g/mol. The molecule has 2 heterocycles. The van der Waals surface area contributed by atoms with E-state index in [1.54, 1.807) is 7.11 Å². The monoisotopic (exact) mass is 360 g/mol. The number of amides is 1. The van der Waals surface area contributed by atoms with Crippen LogP contribution in [0.3, 0.4) is 0 Å². The van der Waals surface area contributed by atoms with Crippen LogP contribution in [-0.2, 0) is 6.61 Å². The van der Waals surface area contributed by atoms with Gasteiger partial charge in [-0.3, -0.25) is 4.79 Å². The molecular weight excluding hydrogens is 336 g/mol. The minimum atomic E-state index is 0.0234. The van der Waals surface area contributed by atoms with Crippen LogP contribution >= 0.6 is 11.3 Å². The zero-order valence-electron chi connectivity index (χ0n) is 14.7. The van der Waals surface area contributed by atoms with E-state index in [-0.39, 0.29) is 11.9 Å². The van der Waals surface area contributed by atoms with Crippen LogP contribution in [0.5, 0.6) is 11.5 Å². The zero-order valence-corrected chi connectivity index (χ0v) is 15.5. The topological polar surface area (TPSA) is 50.8 Å². The number of methoxy groups -OCH3 is 1. The second-order valence-corrected chi connectivity index (χ2v) is 7.25. The molecule has 5 nitrogen and oxygen atoms in total. The molecule has 1 saturated heterocycles. The standard InChI is InChI=1S/C19H24N2O3S/c1-21-9-7-15(8-10-21)20-19(22)18-11-14(13-25-18)12-24-17-5-3-16(23-2)4-6-17/h3-6,11,13,15H,7-10,12H2,1-2H3,(H,20,22). The second-order valence-electron chi connectivity index (χ2n) is 6.33. The van der Waals surface area contributed by atoms with Crippen molar-refractivity contribution in [1.82, 2.24) is 10.2 Å². The molecule has 1 aliphatic heterocycles. The van der Waals surface area contributed by atoms with E-state index in [0.717, 1.165) is 47.9 Å². The maximum absolute atomic E-state index is 12.4. The van der Waals surface area contributed by atoms with E-state index >= 15 is 0 Å². The van der Waals surface area contributed by atoms with Crippen LogP contribution in [0.2, 0.25) is 0 Å². The molecule has 0 atom stereocenters. The summed E-state index contributed by atoms with van der Waals surface area (Å²) < 4.78 is 10.9. The average Bonchev–Trinajstić information content (AvgIpc) is 3.11. The maximum Gasteiger partial charge on any atom is 0.261 e. The summed E-state index contributed by atoms with van der Waals surface area (Å²) in [6.45, 7) is 2.52. The van der Waals surface area contributed by atoms with Crippen LogP contribution in [0.4, 0.5) is 0 Å². The molecule has 0 saturated carbocycles. The van der Waals surface area contributed by atoms with Gasteiger partial charge >= 0.3 is 0 Å². The molecular formula is C19H24N2O3S. The van der Waals surface area contributed by atoms with Crippen molar-refractivity contribution >= 4 is 17.2 Å². The van der Waals surface area contributed by atoms with Gasteiger partial charge in [-0.15, -0.1) is 11.3 Å². The van der Waals surface area contributed by atoms with Gasteiger partial charge in [0.2, 0.25) is 0 Å². The summed E-state index contributed by atoms with van der Waals surface area (Å²) in [5.41, 5.74) is 1.01. The summed E-state index contributed by atoms with van der Waals surface area (Å²) in [7, 11) is 3.76. The van der Waals surface area contributed by atoms with Crippen LogP contribution in [0.15, 0.2) is 35.7 Å². The molecule has 25 heavy (non-hydrogen) atoms. The van der Waals surface area contributed by atoms with Crippen molar-refractivity contribution in [2.75, 3.05) is 27.2 Å². The van der Waals surface area contributed by atoms with E-state index in [1.807, 2.05) is 35.7 Å². The molecule has 0 radical (unpaired) electrons. The Labute approximate surface area is 152 Å². The summed E-state index contributed by atoms with van der Waals surface area (Å²) in [6.07, 6.45) is 2.03. The van der Waals surface area contributed by atoms with Crippen LogP contribution in [0.25, 0.3) is 0 Å². The molecule has 0 aliphatic carbocycles. The third-order valence-corrected chi connectivity index (χ3v) is 5.37. The van der Waals surface area contributed by atoms with E-state index in [2.05, 4.69) is 17.3 Å². The lowest BCUT2D eigenvalue weighted by molar-refractivity contribution is 0.0921. The molecule has 1 aromatic heterocycles. The van der Waals surface area contributed by atoms with Crippen molar-refractivity contribution in [2.24, 2.45) is 0 Å². The number of piperidine rings is 1. The van der Waals surface area contributed by atoms with E-state index in [4.69, 9.17) is 9.47 Å². The normalized spacial score (nSPS) is 15.8. The van der Waals surface area contributed by atoms with Gasteiger partial charge in [0.05, 0.1) is 12.0 Å². The highest BCUT2D eigenvalue weighted by Crippen LogP contribution is 2.21. The van der Waals surface area contributed by atoms with Crippen LogP contribution < -0.4 is 14.8 Å². The lowest BCUT2D eigenvalue weighted by Gasteiger charge is -2.29. The number of ether oxygens (including phenoxy) is 2. The van der Waals surface area contributed by atoms with Gasteiger partial charge in [0.15, 0.2) is 0 Å². The molecule has 1 aromatic carbocycles. The molecule has 134 valence electrons. The fourth-order valence-electron chi connectivity index (χ4n) is 2.82. The molecule has 0 spiro atoms. The first-order chi connectivity index (χ1) is 12.1. The molecule has 2 aromatic rings. The van der Waals surface area contributed by atoms with E-state index in [1.165, 1.54) is 11.3 Å². The van der Waals surface area contributed by atoms with Crippen molar-refractivity contribution < 1.29 is 14.3 Å². The minimum Gasteiger partial charge on any atom is -0.497 e. The number of nitrogens with zero attached hydrogens (tertiary/aromatic N) is 1. The Kier molecular flexibility index (Phi) is 5.94. The molecule has 0 unspecified atom stereocenters. The first kappa shape index (κ1) is 17.8. The lowest BCUT2D eigenvalue weighted by Crippen LogP contribution is -2.43. The van der Waals surface area contributed by atoms with Gasteiger partial charge in [0.1, 0.15) is 18.1 Å². The number of likely N-dealkylation sites (tertiary alicyclic amines) is 1. The van der Waals surface area contributed by atoms with Gasteiger partial charge in [-0.25, -0.2) is 0 Å². The lowest BCUT2D eigenvalue weighted by atomic mass is 10.1. The molecule has 1 amide bonds. The largest absolute Gasteiger partial charge is 0.497 e. The Balaban J connectivity index is 1.50. The smallest absolute Gasteiger partial charge is 0.261 e. The maximum atomic E-state index is 12.4. The highest BCUT2D eigenvalue weighted by atomic mass is 32.1. The summed E-state index contributed by atoms with van der Waals surface area (Å²) in [5, 5.41) is 5.12. The third-order valence-electron chi connectivity index (χ3n) is 4.40. The first-order valence-electron chi connectivity index (χ1n) is 8.47. The van der Waals surface area contributed by atoms with E-state index < -0.39 is 0 Å². The van der Waals surface area contributed by atoms with Crippen molar-refractivity contribution in [3.05, 3.63) is 46.2 Å². The Morgan fingerprint density at radius 3 is 2.60 bits per heavy atom. The fourth-order valence-corrected chi connectivity index (χ4v) is 3.62. The minimum absolute atomic E-state index is 0.0234. The summed E-state index contributed by atoms with van der Waals surface area (Å²) in [4.78, 5) is 15.4. The SMILES string of the molecule is COc1ccc(OCc2csc(C(=O)NC3CCN(C)CC3)c2)cc1. The molecule has 0 bridgehead atoms. The Hall–Kier alpha value is -2.05. The Bertz CT molecular complexity index is 691. The zero-order chi connectivity index (χ0) is 17.6. The highest BCUT2D eigenvalue weighted by molar-refractivity contribution is 7.12. The quantitative estimate of drug-likeness (QED) is 0.860. The van der Waals surface area contributed by atoms with Crippen molar-refractivity contribution in [2.45, 2.75) is 25.5 Å². The van der Waals surface area contributed by atoms with Crippen molar-refractivity contribution in [3.8, 4) is 11.5 Å². The summed E-state index contributed by atoms with van der Waals surface area (Å²) in [6, 6.07) is 9.67. The molecule has 6 heteroatoms. The van der Waals surface area contributed by atoms with Crippen LogP contribution in [-0.4, -0.2) is 44.1 Å². The van der Waals surface area contributed by atoms with Crippen molar-refractivity contribution in [1.29, 1.82) is 0 Å². The molecule has 1 aliphatic rings. The van der Waals surface area contributed by atoms with Crippen molar-refractivity contribution in [3.63, 3.8) is 0 Å². The van der Waals surface area contributed by atoms with E-state index in [0.29, 0.717) is 6.61 Å². The predicted molar refractivity (Wildman–Crippen MR) is 99.6 cm³/mol. The van der Waals surface area contributed by atoms with Gasteiger partial charge in [0, 0.05) is 11.6 Å². The van der Waals surface area contributed by atoms with Gasteiger partial charge in [-0.05, 0) is 68.7 Å². The van der Waals surface area contributed by atoms with Gasteiger partial charge in [0.25, 0.3) is 5.91 Å². The van der Waals surface area contributed by atoms with Crippen LogP contribution in [0, 0.1) is 0 Å². The summed E-state index contributed by atoms with van der Waals surface area (Å²) in [5.74, 6) is 1.61. The van der Waals surface area contributed by atoms with Gasteiger partial charge < -0.3 is 19.7 Å². The van der Waals surface area contributed by atoms with Crippen LogP contribution in [0.1, 0.15) is 28.1 Å². The summed E-state index contributed by atoms with van der Waals surface area (Å²) >= 11 is 1.47. The third kappa shape index (κ3) is 4.96. The first-order valence-corrected chi connectivity index (χ1v) is 9.35. The predicted octanol–water partition coefficient (Wildman–Crippen LogP) is 3.16. The molecule has 1 fully saturated rings. The highest BCUT2D eigenvalue weighted by Gasteiger charge is 2.19. The number of hydrogen-bond acceptors (Lipinski definition) is 5. The number of rotatable bonds is 6. The number of nitrogens with one attached hydrogen (secondary N) is 1. The number of carbonyl (C=O) groups excluding carboxylic acids is 1. The number of thiophene rings is 1. The second kappa shape index (κ2) is 8.36. The molecule has 1 N–H and O–H groups in total.